The van der Waals surface area contributed by atoms with Gasteiger partial charge in [0.1, 0.15) is 5.75 Å². The summed E-state index contributed by atoms with van der Waals surface area (Å²) in [5.74, 6) is 0.221. The molecule has 1 saturated heterocycles. The van der Waals surface area contributed by atoms with Gasteiger partial charge in [0.2, 0.25) is 0 Å². The maximum atomic E-state index is 12.1. The number of nitrogens with zero attached hydrogens (tertiary/aromatic N) is 1. The molecule has 1 heterocycles. The van der Waals surface area contributed by atoms with Crippen LogP contribution >= 0.6 is 0 Å². The number of ether oxygens (including phenoxy) is 1. The molecule has 1 N–H and O–H groups in total. The van der Waals surface area contributed by atoms with Crippen molar-refractivity contribution in [2.75, 3.05) is 20.1 Å². The summed E-state index contributed by atoms with van der Waals surface area (Å²) in [6.07, 6.45) is 4.94. The van der Waals surface area contributed by atoms with Crippen molar-refractivity contribution in [1.29, 1.82) is 0 Å². The van der Waals surface area contributed by atoms with E-state index in [1.165, 1.54) is 19.3 Å². The number of rotatable bonds is 7. The fourth-order valence-corrected chi connectivity index (χ4v) is 2.92. The number of alkyl halides is 2. The molecule has 5 heteroatoms. The first-order chi connectivity index (χ1) is 10.2. The van der Waals surface area contributed by atoms with Crippen molar-refractivity contribution in [3.05, 3.63) is 29.8 Å². The molecular weight excluding hydrogens is 274 g/mol. The Kier molecular flexibility index (Phi) is 6.39. The van der Waals surface area contributed by atoms with Crippen LogP contribution in [0.2, 0.25) is 0 Å². The lowest BCUT2D eigenvalue weighted by Gasteiger charge is -2.36. The molecule has 118 valence electrons. The molecule has 1 aliphatic rings. The molecule has 1 unspecified atom stereocenters. The van der Waals surface area contributed by atoms with Crippen molar-refractivity contribution in [3.63, 3.8) is 0 Å². The topological polar surface area (TPSA) is 24.5 Å². The summed E-state index contributed by atoms with van der Waals surface area (Å²) in [5, 5.41) is 3.21. The Morgan fingerprint density at radius 3 is 2.71 bits per heavy atom. The zero-order valence-electron chi connectivity index (χ0n) is 12.5. The Labute approximate surface area is 125 Å². The zero-order chi connectivity index (χ0) is 15.1. The standard InChI is InChI=1S/C16H24F2N2O/c1-19-10-9-14-4-2-3-11-20(14)12-13-5-7-15(8-6-13)21-16(17)18/h5-8,14,16,19H,2-4,9-12H2,1H3. The molecule has 1 aromatic rings. The van der Waals surface area contributed by atoms with Crippen LogP contribution in [0, 0.1) is 0 Å². The van der Waals surface area contributed by atoms with Crippen LogP contribution in [0.5, 0.6) is 5.75 Å². The van der Waals surface area contributed by atoms with Gasteiger partial charge in [0.25, 0.3) is 0 Å². The third kappa shape index (κ3) is 5.25. The van der Waals surface area contributed by atoms with Crippen LogP contribution in [0.1, 0.15) is 31.2 Å². The highest BCUT2D eigenvalue weighted by molar-refractivity contribution is 5.27. The second-order valence-electron chi connectivity index (χ2n) is 5.53. The number of benzene rings is 1. The van der Waals surface area contributed by atoms with Crippen LogP contribution < -0.4 is 10.1 Å². The van der Waals surface area contributed by atoms with Gasteiger partial charge in [0.15, 0.2) is 0 Å². The number of likely N-dealkylation sites (tertiary alicyclic amines) is 1. The monoisotopic (exact) mass is 298 g/mol. The van der Waals surface area contributed by atoms with E-state index >= 15 is 0 Å². The molecule has 0 bridgehead atoms. The Morgan fingerprint density at radius 2 is 2.05 bits per heavy atom. The normalized spacial score (nSPS) is 19.9. The second kappa shape index (κ2) is 8.29. The Morgan fingerprint density at radius 1 is 1.29 bits per heavy atom. The summed E-state index contributed by atoms with van der Waals surface area (Å²) in [6, 6.07) is 7.61. The molecule has 2 rings (SSSR count). The van der Waals surface area contributed by atoms with Crippen LogP contribution in [-0.2, 0) is 6.54 Å². The third-order valence-corrected chi connectivity index (χ3v) is 4.01. The molecule has 0 amide bonds. The van der Waals surface area contributed by atoms with E-state index in [1.807, 2.05) is 19.2 Å². The van der Waals surface area contributed by atoms with Crippen molar-refractivity contribution < 1.29 is 13.5 Å². The van der Waals surface area contributed by atoms with Gasteiger partial charge >= 0.3 is 6.61 Å². The highest BCUT2D eigenvalue weighted by Gasteiger charge is 2.21. The van der Waals surface area contributed by atoms with E-state index in [2.05, 4.69) is 15.0 Å². The number of halogens is 2. The third-order valence-electron chi connectivity index (χ3n) is 4.01. The van der Waals surface area contributed by atoms with Gasteiger partial charge in [-0.25, -0.2) is 0 Å². The lowest BCUT2D eigenvalue weighted by Crippen LogP contribution is -2.40. The molecule has 0 saturated carbocycles. The van der Waals surface area contributed by atoms with E-state index in [1.54, 1.807) is 12.1 Å². The first-order valence-electron chi connectivity index (χ1n) is 7.61. The Bertz CT molecular complexity index is 411. The fraction of sp³-hybridized carbons (Fsp3) is 0.625. The maximum absolute atomic E-state index is 12.1. The summed E-state index contributed by atoms with van der Waals surface area (Å²) in [7, 11) is 1.98. The highest BCUT2D eigenvalue weighted by atomic mass is 19.3. The quantitative estimate of drug-likeness (QED) is 0.836. The van der Waals surface area contributed by atoms with E-state index in [0.29, 0.717) is 6.04 Å². The second-order valence-corrected chi connectivity index (χ2v) is 5.53. The Balaban J connectivity index is 1.92. The predicted molar refractivity (Wildman–Crippen MR) is 79.7 cm³/mol. The molecular formula is C16H24F2N2O. The maximum Gasteiger partial charge on any atom is 0.387 e. The van der Waals surface area contributed by atoms with E-state index in [-0.39, 0.29) is 5.75 Å². The molecule has 1 aliphatic heterocycles. The van der Waals surface area contributed by atoms with Crippen LogP contribution in [0.3, 0.4) is 0 Å². The Hall–Kier alpha value is -1.20. The molecule has 1 atom stereocenters. The molecule has 21 heavy (non-hydrogen) atoms. The molecule has 0 radical (unpaired) electrons. The van der Waals surface area contributed by atoms with Gasteiger partial charge in [-0.3, -0.25) is 4.90 Å². The first kappa shape index (κ1) is 16.2. The van der Waals surface area contributed by atoms with Gasteiger partial charge in [0.05, 0.1) is 0 Å². The summed E-state index contributed by atoms with van der Waals surface area (Å²) in [6.45, 7) is 0.263. The highest BCUT2D eigenvalue weighted by Crippen LogP contribution is 2.23. The van der Waals surface area contributed by atoms with Crippen LogP contribution in [0.15, 0.2) is 24.3 Å². The van der Waals surface area contributed by atoms with E-state index < -0.39 is 6.61 Å². The minimum Gasteiger partial charge on any atom is -0.435 e. The number of hydrogen-bond donors (Lipinski definition) is 1. The van der Waals surface area contributed by atoms with Crippen LogP contribution in [0.25, 0.3) is 0 Å². The summed E-state index contributed by atoms with van der Waals surface area (Å²) in [5.41, 5.74) is 1.15. The number of nitrogens with one attached hydrogen (secondary N) is 1. The summed E-state index contributed by atoms with van der Waals surface area (Å²) >= 11 is 0. The van der Waals surface area contributed by atoms with Gasteiger partial charge in [-0.05, 0) is 57.1 Å². The molecule has 1 fully saturated rings. The predicted octanol–water partition coefficient (Wildman–Crippen LogP) is 3.25. The van der Waals surface area contributed by atoms with Crippen molar-refractivity contribution in [2.45, 2.75) is 44.9 Å². The van der Waals surface area contributed by atoms with Gasteiger partial charge in [-0.1, -0.05) is 18.6 Å². The average Bonchev–Trinajstić information content (AvgIpc) is 2.48. The van der Waals surface area contributed by atoms with Gasteiger partial charge < -0.3 is 10.1 Å². The summed E-state index contributed by atoms with van der Waals surface area (Å²) in [4.78, 5) is 2.50. The SMILES string of the molecule is CNCCC1CCCCN1Cc1ccc(OC(F)F)cc1. The van der Waals surface area contributed by atoms with Crippen LogP contribution in [-0.4, -0.2) is 37.7 Å². The lowest BCUT2D eigenvalue weighted by molar-refractivity contribution is -0.0498. The molecule has 0 aliphatic carbocycles. The van der Waals surface area contributed by atoms with Crippen molar-refractivity contribution in [1.82, 2.24) is 10.2 Å². The van der Waals surface area contributed by atoms with Crippen LogP contribution in [0.4, 0.5) is 8.78 Å². The lowest BCUT2D eigenvalue weighted by atomic mass is 9.98. The van der Waals surface area contributed by atoms with E-state index in [4.69, 9.17) is 0 Å². The minimum atomic E-state index is -2.76. The van der Waals surface area contributed by atoms with Gasteiger partial charge in [-0.15, -0.1) is 0 Å². The summed E-state index contributed by atoms with van der Waals surface area (Å²) < 4.78 is 28.6. The van der Waals surface area contributed by atoms with Gasteiger partial charge in [0, 0.05) is 12.6 Å². The molecule has 0 spiro atoms. The minimum absolute atomic E-state index is 0.221. The van der Waals surface area contributed by atoms with E-state index in [0.717, 1.165) is 31.6 Å². The van der Waals surface area contributed by atoms with Crippen molar-refractivity contribution in [2.24, 2.45) is 0 Å². The van der Waals surface area contributed by atoms with Crippen molar-refractivity contribution >= 4 is 0 Å². The molecule has 3 nitrogen and oxygen atoms in total. The fourth-order valence-electron chi connectivity index (χ4n) is 2.92. The molecule has 0 aromatic heterocycles. The van der Waals surface area contributed by atoms with Gasteiger partial charge in [-0.2, -0.15) is 8.78 Å². The van der Waals surface area contributed by atoms with E-state index in [9.17, 15) is 8.78 Å². The average molecular weight is 298 g/mol. The first-order valence-corrected chi connectivity index (χ1v) is 7.61. The molecule has 1 aromatic carbocycles. The van der Waals surface area contributed by atoms with Crippen molar-refractivity contribution in [3.8, 4) is 5.75 Å². The largest absolute Gasteiger partial charge is 0.435 e. The number of hydrogen-bond acceptors (Lipinski definition) is 3. The smallest absolute Gasteiger partial charge is 0.387 e. The zero-order valence-corrected chi connectivity index (χ0v) is 12.5. The number of piperidine rings is 1.